The van der Waals surface area contributed by atoms with Crippen LogP contribution in [0, 0.1) is 5.82 Å². The van der Waals surface area contributed by atoms with Crippen molar-refractivity contribution < 1.29 is 23.8 Å². The summed E-state index contributed by atoms with van der Waals surface area (Å²) >= 11 is 12.0. The van der Waals surface area contributed by atoms with Crippen LogP contribution in [0.2, 0.25) is 10.0 Å². The number of nitrogens with one attached hydrogen (secondary N) is 1. The van der Waals surface area contributed by atoms with E-state index < -0.39 is 23.4 Å². The molecule has 4 aromatic rings. The Kier molecular flexibility index (Phi) is 5.31. The zero-order chi connectivity index (χ0) is 24.2. The number of nitrogens with zero attached hydrogens (tertiary/aromatic N) is 2. The second-order valence-corrected chi connectivity index (χ2v) is 8.56. The summed E-state index contributed by atoms with van der Waals surface area (Å²) in [5.41, 5.74) is 0.210. The van der Waals surface area contributed by atoms with Gasteiger partial charge in [0.1, 0.15) is 12.2 Å². The number of amides is 1. The van der Waals surface area contributed by atoms with Gasteiger partial charge >= 0.3 is 5.97 Å². The summed E-state index contributed by atoms with van der Waals surface area (Å²) in [5.74, 6) is -1.39. The lowest BCUT2D eigenvalue weighted by atomic mass is 9.93. The quantitative estimate of drug-likeness (QED) is 0.316. The number of hydrogen-bond acceptors (Lipinski definition) is 5. The van der Waals surface area contributed by atoms with E-state index in [9.17, 15) is 19.1 Å². The van der Waals surface area contributed by atoms with Gasteiger partial charge < -0.3 is 14.8 Å². The molecule has 0 bridgehead atoms. The number of carbonyl (C=O) groups is 2. The molecule has 2 N–H and O–H groups in total. The summed E-state index contributed by atoms with van der Waals surface area (Å²) in [6, 6.07) is 14.0. The van der Waals surface area contributed by atoms with Crippen LogP contribution in [0.1, 0.15) is 27.3 Å². The number of aromatic amines is 1. The molecule has 172 valence electrons. The van der Waals surface area contributed by atoms with E-state index in [4.69, 9.17) is 23.2 Å². The molecule has 0 saturated carbocycles. The van der Waals surface area contributed by atoms with Crippen molar-refractivity contribution >= 4 is 51.8 Å². The number of aromatic nitrogens is 2. The van der Waals surface area contributed by atoms with Crippen molar-refractivity contribution in [3.05, 3.63) is 93.0 Å². The molecule has 34 heavy (non-hydrogen) atoms. The Morgan fingerprint density at radius 1 is 1.18 bits per heavy atom. The molecule has 0 aliphatic carbocycles. The zero-order valence-electron chi connectivity index (χ0n) is 17.6. The van der Waals surface area contributed by atoms with Crippen molar-refractivity contribution in [1.82, 2.24) is 9.97 Å². The number of benzene rings is 3. The first kappa shape index (κ1) is 22.3. The number of ether oxygens (including phenoxy) is 1. The van der Waals surface area contributed by atoms with Gasteiger partial charge in [0.05, 0.1) is 33.9 Å². The summed E-state index contributed by atoms with van der Waals surface area (Å²) in [6.07, 6.45) is -0.0508. The van der Waals surface area contributed by atoms with Gasteiger partial charge in [-0.25, -0.2) is 9.37 Å². The fourth-order valence-electron chi connectivity index (χ4n) is 4.19. The molecule has 1 aliphatic rings. The third-order valence-corrected chi connectivity index (χ3v) is 6.31. The standard InChI is InChI=1S/C24H16Cl2FN3O4/c1-34-21(31)11-20-28-18-7-6-12(8-19(18)29-20)24(33)15-5-3-2-4-14(15)23(32)30(24)13-9-16(25)22(27)17(26)10-13/h2-10,33H,11H2,1H3,(H,28,29). The highest BCUT2D eigenvalue weighted by Crippen LogP contribution is 2.46. The van der Waals surface area contributed by atoms with E-state index in [1.54, 1.807) is 42.5 Å². The van der Waals surface area contributed by atoms with Gasteiger partial charge in [-0.1, -0.05) is 47.5 Å². The number of fused-ring (bicyclic) bond motifs is 2. The molecule has 0 saturated heterocycles. The average molecular weight is 500 g/mol. The number of carbonyl (C=O) groups excluding carboxylic acids is 2. The first-order valence-corrected chi connectivity index (χ1v) is 10.9. The van der Waals surface area contributed by atoms with Crippen LogP contribution in [0.25, 0.3) is 11.0 Å². The molecular formula is C24H16Cl2FN3O4. The third kappa shape index (κ3) is 3.34. The van der Waals surface area contributed by atoms with Crippen LogP contribution in [-0.4, -0.2) is 34.1 Å². The smallest absolute Gasteiger partial charge is 0.313 e. The van der Waals surface area contributed by atoms with Gasteiger partial charge in [-0.15, -0.1) is 0 Å². The maximum Gasteiger partial charge on any atom is 0.313 e. The summed E-state index contributed by atoms with van der Waals surface area (Å²) < 4.78 is 18.8. The maximum atomic E-state index is 14.1. The number of rotatable bonds is 4. The average Bonchev–Trinajstić information content (AvgIpc) is 3.33. The molecule has 10 heteroatoms. The van der Waals surface area contributed by atoms with Gasteiger partial charge in [-0.2, -0.15) is 0 Å². The molecule has 1 unspecified atom stereocenters. The Labute approximate surface area is 202 Å². The summed E-state index contributed by atoms with van der Waals surface area (Å²) in [4.78, 5) is 33.6. The van der Waals surface area contributed by atoms with Crippen LogP contribution in [-0.2, 0) is 21.7 Å². The highest BCUT2D eigenvalue weighted by atomic mass is 35.5. The SMILES string of the molecule is COC(=O)Cc1nc2ccc(C3(O)c4ccccc4C(=O)N3c3cc(Cl)c(F)c(Cl)c3)cc2[nH]1. The number of H-pyrrole nitrogens is 1. The minimum absolute atomic E-state index is 0.0508. The number of hydrogen-bond donors (Lipinski definition) is 2. The van der Waals surface area contributed by atoms with Gasteiger partial charge in [0.15, 0.2) is 11.5 Å². The first-order valence-electron chi connectivity index (χ1n) is 10.1. The topological polar surface area (TPSA) is 95.5 Å². The Morgan fingerprint density at radius 2 is 1.88 bits per heavy atom. The minimum atomic E-state index is -1.96. The van der Waals surface area contributed by atoms with E-state index in [-0.39, 0.29) is 27.7 Å². The monoisotopic (exact) mass is 499 g/mol. The van der Waals surface area contributed by atoms with Gasteiger partial charge in [0.2, 0.25) is 0 Å². The summed E-state index contributed by atoms with van der Waals surface area (Å²) in [5, 5.41) is 11.5. The maximum absolute atomic E-state index is 14.1. The van der Waals surface area contributed by atoms with E-state index in [2.05, 4.69) is 14.7 Å². The molecule has 1 aromatic heterocycles. The van der Waals surface area contributed by atoms with E-state index in [1.807, 2.05) is 0 Å². The van der Waals surface area contributed by atoms with Gasteiger partial charge in [-0.3, -0.25) is 14.5 Å². The highest BCUT2D eigenvalue weighted by molar-refractivity contribution is 6.35. The molecule has 1 aliphatic heterocycles. The van der Waals surface area contributed by atoms with Crippen molar-refractivity contribution in [2.45, 2.75) is 12.1 Å². The predicted molar refractivity (Wildman–Crippen MR) is 124 cm³/mol. The number of imidazole rings is 1. The first-order chi connectivity index (χ1) is 16.2. The van der Waals surface area contributed by atoms with Crippen molar-refractivity contribution in [3.8, 4) is 0 Å². The molecule has 0 radical (unpaired) electrons. The van der Waals surface area contributed by atoms with E-state index in [0.29, 0.717) is 28.0 Å². The Morgan fingerprint density at radius 3 is 2.59 bits per heavy atom. The van der Waals surface area contributed by atoms with E-state index in [1.165, 1.54) is 19.2 Å². The molecule has 0 fully saturated rings. The van der Waals surface area contributed by atoms with Gasteiger partial charge in [0.25, 0.3) is 5.91 Å². The lowest BCUT2D eigenvalue weighted by Gasteiger charge is -2.35. The minimum Gasteiger partial charge on any atom is -0.469 e. The van der Waals surface area contributed by atoms with E-state index in [0.717, 1.165) is 4.90 Å². The molecule has 7 nitrogen and oxygen atoms in total. The van der Waals surface area contributed by atoms with Crippen LogP contribution < -0.4 is 4.90 Å². The summed E-state index contributed by atoms with van der Waals surface area (Å²) in [7, 11) is 1.29. The number of esters is 1. The third-order valence-electron chi connectivity index (χ3n) is 5.76. The molecule has 5 rings (SSSR count). The van der Waals surface area contributed by atoms with Crippen LogP contribution >= 0.6 is 23.2 Å². The molecule has 0 spiro atoms. The van der Waals surface area contributed by atoms with Gasteiger partial charge in [-0.05, 0) is 30.3 Å². The predicted octanol–water partition coefficient (Wildman–Crippen LogP) is 4.58. The van der Waals surface area contributed by atoms with Crippen molar-refractivity contribution in [2.75, 3.05) is 12.0 Å². The van der Waals surface area contributed by atoms with E-state index >= 15 is 0 Å². The zero-order valence-corrected chi connectivity index (χ0v) is 19.1. The number of aliphatic hydroxyl groups is 1. The second kappa shape index (κ2) is 8.09. The number of anilines is 1. The van der Waals surface area contributed by atoms with Gasteiger partial charge in [0, 0.05) is 16.7 Å². The van der Waals surface area contributed by atoms with Crippen LogP contribution in [0.4, 0.5) is 10.1 Å². The summed E-state index contributed by atoms with van der Waals surface area (Å²) in [6.45, 7) is 0. The Bertz CT molecular complexity index is 1470. The van der Waals surface area contributed by atoms with Crippen molar-refractivity contribution in [1.29, 1.82) is 0 Å². The Hall–Kier alpha value is -3.46. The molecule has 1 atom stereocenters. The fourth-order valence-corrected chi connectivity index (χ4v) is 4.67. The lowest BCUT2D eigenvalue weighted by molar-refractivity contribution is -0.139. The molecule has 3 aromatic carbocycles. The highest BCUT2D eigenvalue weighted by Gasteiger charge is 2.51. The van der Waals surface area contributed by atoms with Crippen molar-refractivity contribution in [2.24, 2.45) is 0 Å². The molecule has 1 amide bonds. The Balaban J connectivity index is 1.70. The molecular weight excluding hydrogens is 484 g/mol. The lowest BCUT2D eigenvalue weighted by Crippen LogP contribution is -2.45. The second-order valence-electron chi connectivity index (χ2n) is 7.75. The number of methoxy groups -OCH3 is 1. The van der Waals surface area contributed by atoms with Crippen molar-refractivity contribution in [3.63, 3.8) is 0 Å². The van der Waals surface area contributed by atoms with Crippen LogP contribution in [0.3, 0.4) is 0 Å². The van der Waals surface area contributed by atoms with Crippen LogP contribution in [0.5, 0.6) is 0 Å². The van der Waals surface area contributed by atoms with Crippen LogP contribution in [0.15, 0.2) is 54.6 Å². The largest absolute Gasteiger partial charge is 0.469 e. The molecule has 2 heterocycles. The number of halogens is 3. The fraction of sp³-hybridized carbons (Fsp3) is 0.125. The normalized spacial score (nSPS) is 17.3.